The van der Waals surface area contributed by atoms with Gasteiger partial charge in [0.25, 0.3) is 11.6 Å². The zero-order chi connectivity index (χ0) is 23.8. The maximum atomic E-state index is 12.3. The quantitative estimate of drug-likeness (QED) is 0.396. The van der Waals surface area contributed by atoms with Crippen LogP contribution in [0.3, 0.4) is 0 Å². The van der Waals surface area contributed by atoms with Crippen molar-refractivity contribution in [2.75, 3.05) is 13.2 Å². The van der Waals surface area contributed by atoms with Gasteiger partial charge in [0.2, 0.25) is 0 Å². The number of rotatable bonds is 10. The highest BCUT2D eigenvalue weighted by molar-refractivity contribution is 6.32. The fraction of sp³-hybridized carbons (Fsp3) is 0.417. The van der Waals surface area contributed by atoms with Crippen molar-refractivity contribution in [1.82, 2.24) is 5.32 Å². The van der Waals surface area contributed by atoms with Gasteiger partial charge in [-0.2, -0.15) is 0 Å². The molecule has 1 aliphatic carbocycles. The van der Waals surface area contributed by atoms with Crippen LogP contribution in [0.1, 0.15) is 37.7 Å². The second-order valence-electron chi connectivity index (χ2n) is 8.29. The Balaban J connectivity index is 1.34. The molecule has 0 radical (unpaired) electrons. The summed E-state index contributed by atoms with van der Waals surface area (Å²) in [5.74, 6) is 0.970. The maximum absolute atomic E-state index is 12.3. The van der Waals surface area contributed by atoms with Gasteiger partial charge in [0.1, 0.15) is 23.1 Å². The molecule has 3 rings (SSSR count). The summed E-state index contributed by atoms with van der Waals surface area (Å²) in [5, 5.41) is 13.9. The molecule has 176 valence electrons. The third-order valence-electron chi connectivity index (χ3n) is 5.63. The van der Waals surface area contributed by atoms with E-state index in [0.717, 1.165) is 31.2 Å². The molecule has 0 heterocycles. The first-order chi connectivity index (χ1) is 15.8. The molecule has 1 aliphatic rings. The maximum Gasteiger partial charge on any atom is 0.291 e. The molecule has 1 N–H and O–H groups in total. The Kier molecular flexibility index (Phi) is 8.65. The Bertz CT molecular complexity index is 987. The monoisotopic (exact) mass is 474 g/mol. The lowest BCUT2D eigenvalue weighted by Crippen LogP contribution is -2.40. The summed E-state index contributed by atoms with van der Waals surface area (Å²) in [4.78, 5) is 34.8. The number of ketones is 1. The molecule has 8 nitrogen and oxygen atoms in total. The van der Waals surface area contributed by atoms with Crippen molar-refractivity contribution in [3.63, 3.8) is 0 Å². The normalized spacial score (nSPS) is 17.8. The van der Waals surface area contributed by atoms with Gasteiger partial charge in [-0.3, -0.25) is 19.7 Å². The Morgan fingerprint density at radius 1 is 1.03 bits per heavy atom. The molecule has 0 saturated heterocycles. The first kappa shape index (κ1) is 24.5. The van der Waals surface area contributed by atoms with Crippen LogP contribution in [-0.4, -0.2) is 35.9 Å². The largest absolute Gasteiger partial charge is 0.486 e. The number of carbonyl (C=O) groups excluding carboxylic acids is 2. The van der Waals surface area contributed by atoms with E-state index in [4.69, 9.17) is 21.1 Å². The first-order valence-electron chi connectivity index (χ1n) is 10.9. The van der Waals surface area contributed by atoms with Gasteiger partial charge in [-0.05, 0) is 62.8 Å². The number of nitrogens with one attached hydrogen (secondary N) is 1. The molecular weight excluding hydrogens is 448 g/mol. The van der Waals surface area contributed by atoms with Gasteiger partial charge < -0.3 is 14.8 Å². The lowest BCUT2D eigenvalue weighted by Gasteiger charge is -2.28. The number of benzene rings is 2. The zero-order valence-electron chi connectivity index (χ0n) is 18.4. The van der Waals surface area contributed by atoms with Gasteiger partial charge in [0, 0.05) is 12.5 Å². The second kappa shape index (κ2) is 11.7. The minimum atomic E-state index is -0.604. The zero-order valence-corrected chi connectivity index (χ0v) is 19.2. The molecule has 9 heteroatoms. The van der Waals surface area contributed by atoms with Crippen LogP contribution in [-0.2, 0) is 9.59 Å². The average Bonchev–Trinajstić information content (AvgIpc) is 2.79. The Morgan fingerprint density at radius 3 is 2.33 bits per heavy atom. The predicted molar refractivity (Wildman–Crippen MR) is 124 cm³/mol. The van der Waals surface area contributed by atoms with Gasteiger partial charge in [0.05, 0.1) is 11.0 Å². The summed E-state index contributed by atoms with van der Waals surface area (Å²) in [6.45, 7) is 1.82. The SMILES string of the molecule is Cc1ccc(OCC(=O)CC2CCC(NC(=O)COc3ccc(Cl)c([N+](=O)[O-])c3)CC2)cc1. The van der Waals surface area contributed by atoms with E-state index < -0.39 is 4.92 Å². The van der Waals surface area contributed by atoms with E-state index in [2.05, 4.69) is 5.32 Å². The van der Waals surface area contributed by atoms with E-state index in [-0.39, 0.29) is 53.3 Å². The van der Waals surface area contributed by atoms with Crippen LogP contribution in [0.4, 0.5) is 5.69 Å². The van der Waals surface area contributed by atoms with Crippen molar-refractivity contribution >= 4 is 29.0 Å². The number of aryl methyl sites for hydroxylation is 1. The van der Waals surface area contributed by atoms with Crippen LogP contribution >= 0.6 is 11.6 Å². The number of carbonyl (C=O) groups is 2. The van der Waals surface area contributed by atoms with Crippen LogP contribution in [0, 0.1) is 23.0 Å². The lowest BCUT2D eigenvalue weighted by atomic mass is 9.83. The molecule has 2 aromatic rings. The summed E-state index contributed by atoms with van der Waals surface area (Å²) < 4.78 is 10.9. The van der Waals surface area contributed by atoms with E-state index in [1.54, 1.807) is 0 Å². The molecule has 1 saturated carbocycles. The van der Waals surface area contributed by atoms with Crippen molar-refractivity contribution in [3.8, 4) is 11.5 Å². The van der Waals surface area contributed by atoms with Crippen molar-refractivity contribution in [2.24, 2.45) is 5.92 Å². The molecule has 0 unspecified atom stereocenters. The van der Waals surface area contributed by atoms with Gasteiger partial charge in [-0.25, -0.2) is 0 Å². The van der Waals surface area contributed by atoms with Crippen LogP contribution < -0.4 is 14.8 Å². The van der Waals surface area contributed by atoms with Crippen LogP contribution in [0.2, 0.25) is 5.02 Å². The number of nitrogens with zero attached hydrogens (tertiary/aromatic N) is 1. The van der Waals surface area contributed by atoms with Gasteiger partial charge in [0.15, 0.2) is 12.4 Å². The van der Waals surface area contributed by atoms with Gasteiger partial charge in [-0.15, -0.1) is 0 Å². The molecule has 1 fully saturated rings. The van der Waals surface area contributed by atoms with E-state index in [1.807, 2.05) is 31.2 Å². The minimum absolute atomic E-state index is 0.00811. The predicted octanol–water partition coefficient (Wildman–Crippen LogP) is 4.65. The van der Waals surface area contributed by atoms with Gasteiger partial charge >= 0.3 is 0 Å². The highest BCUT2D eigenvalue weighted by Gasteiger charge is 2.24. The van der Waals surface area contributed by atoms with Crippen molar-refractivity contribution in [2.45, 2.75) is 45.1 Å². The topological polar surface area (TPSA) is 108 Å². The Hall–Kier alpha value is -3.13. The van der Waals surface area contributed by atoms with Crippen molar-refractivity contribution in [3.05, 3.63) is 63.2 Å². The van der Waals surface area contributed by atoms with Gasteiger partial charge in [-0.1, -0.05) is 29.3 Å². The molecule has 0 bridgehead atoms. The Labute approximate surface area is 197 Å². The number of ether oxygens (including phenoxy) is 2. The number of amides is 1. The average molecular weight is 475 g/mol. The third-order valence-corrected chi connectivity index (χ3v) is 5.95. The van der Waals surface area contributed by atoms with E-state index in [1.165, 1.54) is 18.2 Å². The molecule has 1 amide bonds. The highest BCUT2D eigenvalue weighted by Crippen LogP contribution is 2.29. The molecule has 2 aromatic carbocycles. The molecule has 0 aliphatic heterocycles. The van der Waals surface area contributed by atoms with Crippen LogP contribution in [0.5, 0.6) is 11.5 Å². The van der Waals surface area contributed by atoms with E-state index in [0.29, 0.717) is 12.2 Å². The van der Waals surface area contributed by atoms with Crippen LogP contribution in [0.15, 0.2) is 42.5 Å². The molecular formula is C24H27ClN2O6. The number of nitro benzene ring substituents is 1. The first-order valence-corrected chi connectivity index (χ1v) is 11.2. The standard InChI is InChI=1S/C24H27ClN2O6/c1-16-2-8-20(9-3-16)32-14-19(28)12-17-4-6-18(7-5-17)26-24(29)15-33-21-10-11-22(25)23(13-21)27(30)31/h2-3,8-11,13,17-18H,4-7,12,14-15H2,1H3,(H,26,29). The summed E-state index contributed by atoms with van der Waals surface area (Å²) in [7, 11) is 0. The fourth-order valence-electron chi connectivity index (χ4n) is 3.83. The van der Waals surface area contributed by atoms with Crippen molar-refractivity contribution < 1.29 is 24.0 Å². The molecule has 33 heavy (non-hydrogen) atoms. The van der Waals surface area contributed by atoms with E-state index in [9.17, 15) is 19.7 Å². The Morgan fingerprint density at radius 2 is 1.67 bits per heavy atom. The smallest absolute Gasteiger partial charge is 0.291 e. The summed E-state index contributed by atoms with van der Waals surface area (Å²) in [6, 6.07) is 11.7. The lowest BCUT2D eigenvalue weighted by molar-refractivity contribution is -0.384. The summed E-state index contributed by atoms with van der Waals surface area (Å²) in [6.07, 6.45) is 3.76. The van der Waals surface area contributed by atoms with Crippen molar-refractivity contribution in [1.29, 1.82) is 0 Å². The number of hydrogen-bond donors (Lipinski definition) is 1. The molecule has 0 aromatic heterocycles. The third kappa shape index (κ3) is 7.75. The summed E-state index contributed by atoms with van der Waals surface area (Å²) >= 11 is 5.77. The fourth-order valence-corrected chi connectivity index (χ4v) is 4.02. The summed E-state index contributed by atoms with van der Waals surface area (Å²) in [5.41, 5.74) is 0.866. The molecule has 0 atom stereocenters. The minimum Gasteiger partial charge on any atom is -0.486 e. The number of Topliss-reactive ketones (excluding diaryl/α,β-unsaturated/α-hetero) is 1. The number of nitro groups is 1. The second-order valence-corrected chi connectivity index (χ2v) is 8.70. The molecule has 0 spiro atoms. The van der Waals surface area contributed by atoms with Crippen LogP contribution in [0.25, 0.3) is 0 Å². The number of hydrogen-bond acceptors (Lipinski definition) is 6. The highest BCUT2D eigenvalue weighted by atomic mass is 35.5. The number of halogens is 1. The van der Waals surface area contributed by atoms with E-state index >= 15 is 0 Å².